The fourth-order valence-electron chi connectivity index (χ4n) is 1.57. The minimum absolute atomic E-state index is 0.464. The molecule has 0 aliphatic rings. The predicted octanol–water partition coefficient (Wildman–Crippen LogP) is 0.941. The molecule has 0 amide bonds. The van der Waals surface area contributed by atoms with Crippen molar-refractivity contribution in [3.05, 3.63) is 24.4 Å². The molecule has 3 N–H and O–H groups in total. The molecule has 0 aliphatic heterocycles. The van der Waals surface area contributed by atoms with Gasteiger partial charge in [-0.15, -0.1) is 0 Å². The van der Waals surface area contributed by atoms with Gasteiger partial charge in [0.1, 0.15) is 11.5 Å². The molecule has 16 heavy (non-hydrogen) atoms. The van der Waals surface area contributed by atoms with E-state index in [1.165, 1.54) is 0 Å². The van der Waals surface area contributed by atoms with E-state index in [1.54, 1.807) is 10.7 Å². The molecule has 0 aromatic carbocycles. The van der Waals surface area contributed by atoms with Crippen molar-refractivity contribution >= 4 is 17.0 Å². The van der Waals surface area contributed by atoms with Gasteiger partial charge in [0.15, 0.2) is 11.5 Å². The van der Waals surface area contributed by atoms with E-state index in [1.807, 2.05) is 25.4 Å². The van der Waals surface area contributed by atoms with E-state index in [2.05, 4.69) is 20.1 Å². The maximum atomic E-state index is 5.59. The summed E-state index contributed by atoms with van der Waals surface area (Å²) in [6.45, 7) is 0. The molecule has 0 atom stereocenters. The lowest BCUT2D eigenvalue weighted by Gasteiger charge is -1.88. The van der Waals surface area contributed by atoms with Gasteiger partial charge < -0.3 is 10.7 Å². The highest BCUT2D eigenvalue weighted by atomic mass is 15.3. The van der Waals surface area contributed by atoms with E-state index in [0.29, 0.717) is 17.3 Å². The summed E-state index contributed by atoms with van der Waals surface area (Å²) in [6, 6.07) is 5.49. The maximum Gasteiger partial charge on any atom is 0.180 e. The van der Waals surface area contributed by atoms with Crippen LogP contribution in [0.25, 0.3) is 22.7 Å². The van der Waals surface area contributed by atoms with E-state index in [0.717, 1.165) is 11.2 Å². The van der Waals surface area contributed by atoms with Crippen LogP contribution in [-0.4, -0.2) is 24.7 Å². The van der Waals surface area contributed by atoms with E-state index in [9.17, 15) is 0 Å². The molecular weight excluding hydrogens is 204 g/mol. The molecule has 6 heteroatoms. The molecule has 6 nitrogen and oxygen atoms in total. The Bertz CT molecular complexity index is 650. The quantitative estimate of drug-likeness (QED) is 0.631. The average Bonchev–Trinajstić information content (AvgIpc) is 2.83. The van der Waals surface area contributed by atoms with Crippen LogP contribution in [0, 0.1) is 0 Å². The number of pyridine rings is 1. The molecule has 0 bridgehead atoms. The van der Waals surface area contributed by atoms with Gasteiger partial charge in [-0.2, -0.15) is 5.10 Å². The van der Waals surface area contributed by atoms with Crippen molar-refractivity contribution < 1.29 is 0 Å². The third kappa shape index (κ3) is 1.31. The van der Waals surface area contributed by atoms with Crippen LogP contribution in [-0.2, 0) is 7.05 Å². The summed E-state index contributed by atoms with van der Waals surface area (Å²) in [7, 11) is 1.86. The Morgan fingerprint density at radius 1 is 1.25 bits per heavy atom. The second-order valence-electron chi connectivity index (χ2n) is 3.57. The first kappa shape index (κ1) is 8.90. The molecule has 0 unspecified atom stereocenters. The highest BCUT2D eigenvalue weighted by molar-refractivity contribution is 5.76. The third-order valence-corrected chi connectivity index (χ3v) is 2.32. The first-order valence-electron chi connectivity index (χ1n) is 4.84. The van der Waals surface area contributed by atoms with Crippen LogP contribution in [0.3, 0.4) is 0 Å². The van der Waals surface area contributed by atoms with E-state index in [-0.39, 0.29) is 0 Å². The summed E-state index contributed by atoms with van der Waals surface area (Å²) in [5.74, 6) is 1.17. The highest BCUT2D eigenvalue weighted by Gasteiger charge is 2.08. The molecule has 3 rings (SSSR count). The van der Waals surface area contributed by atoms with Crippen LogP contribution in [0.5, 0.6) is 0 Å². The number of nitrogens with two attached hydrogens (primary N) is 1. The monoisotopic (exact) mass is 214 g/mol. The van der Waals surface area contributed by atoms with Gasteiger partial charge in [0, 0.05) is 13.2 Å². The third-order valence-electron chi connectivity index (χ3n) is 2.32. The Kier molecular flexibility index (Phi) is 1.70. The molecular formula is C10H10N6. The topological polar surface area (TPSA) is 85.4 Å². The molecule has 3 aromatic heterocycles. The normalized spacial score (nSPS) is 11.1. The number of nitrogens with one attached hydrogen (secondary N) is 1. The van der Waals surface area contributed by atoms with Crippen molar-refractivity contribution in [3.8, 4) is 11.5 Å². The van der Waals surface area contributed by atoms with Crippen molar-refractivity contribution in [1.82, 2.24) is 24.7 Å². The Morgan fingerprint density at radius 3 is 2.88 bits per heavy atom. The molecule has 3 heterocycles. The fourth-order valence-corrected chi connectivity index (χ4v) is 1.57. The zero-order valence-corrected chi connectivity index (χ0v) is 8.68. The number of aryl methyl sites for hydroxylation is 1. The van der Waals surface area contributed by atoms with Crippen molar-refractivity contribution in [2.24, 2.45) is 7.05 Å². The van der Waals surface area contributed by atoms with Gasteiger partial charge >= 0.3 is 0 Å². The van der Waals surface area contributed by atoms with Gasteiger partial charge in [-0.05, 0) is 18.2 Å². The van der Waals surface area contributed by atoms with Crippen LogP contribution in [0.15, 0.2) is 24.4 Å². The Hall–Kier alpha value is -2.37. The number of hydrogen-bond donors (Lipinski definition) is 2. The average molecular weight is 214 g/mol. The lowest BCUT2D eigenvalue weighted by molar-refractivity contribution is 0.769. The Morgan fingerprint density at radius 2 is 2.12 bits per heavy atom. The van der Waals surface area contributed by atoms with E-state index >= 15 is 0 Å². The van der Waals surface area contributed by atoms with Crippen LogP contribution in [0.2, 0.25) is 0 Å². The summed E-state index contributed by atoms with van der Waals surface area (Å²) >= 11 is 0. The Labute approximate surface area is 91.1 Å². The van der Waals surface area contributed by atoms with Crippen LogP contribution in [0.4, 0.5) is 5.82 Å². The number of nitrogens with zero attached hydrogens (tertiary/aromatic N) is 4. The summed E-state index contributed by atoms with van der Waals surface area (Å²) < 4.78 is 1.73. The highest BCUT2D eigenvalue weighted by Crippen LogP contribution is 2.17. The van der Waals surface area contributed by atoms with Crippen molar-refractivity contribution in [3.63, 3.8) is 0 Å². The van der Waals surface area contributed by atoms with Gasteiger partial charge in [-0.25, -0.2) is 9.97 Å². The molecule has 0 aliphatic carbocycles. The van der Waals surface area contributed by atoms with E-state index in [4.69, 9.17) is 5.73 Å². The predicted molar refractivity (Wildman–Crippen MR) is 60.5 cm³/mol. The van der Waals surface area contributed by atoms with Gasteiger partial charge in [0.2, 0.25) is 0 Å². The minimum atomic E-state index is 0.464. The molecule has 0 saturated carbocycles. The van der Waals surface area contributed by atoms with Crippen LogP contribution in [0.1, 0.15) is 0 Å². The summed E-state index contributed by atoms with van der Waals surface area (Å²) in [5, 5.41) is 4.26. The number of hydrogen-bond acceptors (Lipinski definition) is 4. The van der Waals surface area contributed by atoms with Gasteiger partial charge in [-0.3, -0.25) is 4.68 Å². The van der Waals surface area contributed by atoms with Crippen molar-refractivity contribution in [2.45, 2.75) is 0 Å². The van der Waals surface area contributed by atoms with E-state index < -0.39 is 0 Å². The molecule has 0 saturated heterocycles. The van der Waals surface area contributed by atoms with Crippen LogP contribution < -0.4 is 5.73 Å². The summed E-state index contributed by atoms with van der Waals surface area (Å²) in [4.78, 5) is 11.6. The summed E-state index contributed by atoms with van der Waals surface area (Å²) in [5.41, 5.74) is 7.85. The number of H-pyrrole nitrogens is 1. The van der Waals surface area contributed by atoms with Crippen molar-refractivity contribution in [2.75, 3.05) is 5.73 Å². The largest absolute Gasteiger partial charge is 0.384 e. The SMILES string of the molecule is Cn1ccc(-c2nc3nc(N)ccc3[nH]2)n1. The fraction of sp³-hybridized carbons (Fsp3) is 0.100. The zero-order valence-electron chi connectivity index (χ0n) is 8.68. The first-order valence-corrected chi connectivity index (χ1v) is 4.84. The number of aromatic amines is 1. The molecule has 0 radical (unpaired) electrons. The first-order chi connectivity index (χ1) is 7.72. The van der Waals surface area contributed by atoms with Gasteiger partial charge in [0.25, 0.3) is 0 Å². The summed E-state index contributed by atoms with van der Waals surface area (Å²) in [6.07, 6.45) is 1.87. The molecule has 0 fully saturated rings. The smallest absolute Gasteiger partial charge is 0.180 e. The maximum absolute atomic E-state index is 5.59. The minimum Gasteiger partial charge on any atom is -0.384 e. The lowest BCUT2D eigenvalue weighted by Crippen LogP contribution is -1.89. The number of imidazole rings is 1. The second kappa shape index (κ2) is 3.06. The van der Waals surface area contributed by atoms with Crippen LogP contribution >= 0.6 is 0 Å². The standard InChI is InChI=1S/C10H10N6/c1-16-5-4-7(15-16)10-12-6-2-3-8(11)13-9(6)14-10/h2-5H,1H3,(H3,11,12,13,14). The number of aromatic nitrogens is 5. The lowest BCUT2D eigenvalue weighted by atomic mass is 10.4. The van der Waals surface area contributed by atoms with Gasteiger partial charge in [-0.1, -0.05) is 0 Å². The zero-order chi connectivity index (χ0) is 11.1. The van der Waals surface area contributed by atoms with Crippen molar-refractivity contribution in [1.29, 1.82) is 0 Å². The number of rotatable bonds is 1. The second-order valence-corrected chi connectivity index (χ2v) is 3.57. The number of nitrogen functional groups attached to an aromatic ring is 1. The molecule has 0 spiro atoms. The van der Waals surface area contributed by atoms with Gasteiger partial charge in [0.05, 0.1) is 5.52 Å². The Balaban J connectivity index is 2.18. The number of anilines is 1. The molecule has 80 valence electrons. The molecule has 3 aromatic rings. The number of fused-ring (bicyclic) bond motifs is 1.